The number of halogens is 2. The number of alkyl halides is 2. The van der Waals surface area contributed by atoms with Gasteiger partial charge in [0.2, 0.25) is 0 Å². The van der Waals surface area contributed by atoms with E-state index < -0.39 is 10.4 Å². The van der Waals surface area contributed by atoms with Crippen molar-refractivity contribution in [1.29, 1.82) is 0 Å². The van der Waals surface area contributed by atoms with Gasteiger partial charge in [0.15, 0.2) is 4.33 Å². The number of hydrogen-bond donors (Lipinski definition) is 1. The summed E-state index contributed by atoms with van der Waals surface area (Å²) >= 11 is 12.6. The Morgan fingerprint density at radius 2 is 1.65 bits per heavy atom. The van der Waals surface area contributed by atoms with E-state index in [2.05, 4.69) is 9.97 Å². The van der Waals surface area contributed by atoms with Crippen molar-refractivity contribution in [2.45, 2.75) is 10.4 Å². The Morgan fingerprint density at radius 3 is 2.18 bits per heavy atom. The average molecular weight is 268 g/mol. The third-order valence-corrected chi connectivity index (χ3v) is 3.26. The number of nitrogens with two attached hydrogens (primary N) is 1. The Balaban J connectivity index is 2.33. The number of rotatable bonds is 3. The van der Waals surface area contributed by atoms with Crippen LogP contribution in [-0.4, -0.2) is 9.97 Å². The summed E-state index contributed by atoms with van der Waals surface area (Å²) in [5, 5.41) is 0. The lowest BCUT2D eigenvalue weighted by atomic mass is 10.1. The van der Waals surface area contributed by atoms with E-state index in [9.17, 15) is 0 Å². The van der Waals surface area contributed by atoms with Crippen LogP contribution in [-0.2, 0) is 4.33 Å². The summed E-state index contributed by atoms with van der Waals surface area (Å²) in [6.07, 6.45) is 3.28. The van der Waals surface area contributed by atoms with Gasteiger partial charge >= 0.3 is 0 Å². The van der Waals surface area contributed by atoms with Crippen molar-refractivity contribution in [3.63, 3.8) is 0 Å². The lowest BCUT2D eigenvalue weighted by molar-refractivity contribution is 0.609. The van der Waals surface area contributed by atoms with Gasteiger partial charge in [0.1, 0.15) is 0 Å². The molecule has 0 spiro atoms. The molecular formula is C12H11Cl2N3. The first-order valence-electron chi connectivity index (χ1n) is 5.08. The van der Waals surface area contributed by atoms with E-state index in [1.165, 1.54) is 0 Å². The van der Waals surface area contributed by atoms with Crippen LogP contribution >= 0.6 is 23.2 Å². The van der Waals surface area contributed by atoms with Gasteiger partial charge in [0.05, 0.1) is 17.4 Å². The van der Waals surface area contributed by atoms with Crippen LogP contribution < -0.4 is 5.73 Å². The normalized spacial score (nSPS) is 13.4. The third-order valence-electron chi connectivity index (χ3n) is 2.40. The van der Waals surface area contributed by atoms with Crippen LogP contribution in [0.4, 0.5) is 0 Å². The van der Waals surface area contributed by atoms with Crippen LogP contribution in [0.5, 0.6) is 0 Å². The number of aromatic nitrogens is 2. The summed E-state index contributed by atoms with van der Waals surface area (Å²) in [5.41, 5.74) is 7.18. The van der Waals surface area contributed by atoms with Crippen LogP contribution in [0.2, 0.25) is 0 Å². The quantitative estimate of drug-likeness (QED) is 0.871. The Labute approximate surface area is 110 Å². The molecule has 0 amide bonds. The van der Waals surface area contributed by atoms with Gasteiger partial charge in [-0.1, -0.05) is 35.3 Å². The second kappa shape index (κ2) is 5.00. The molecule has 2 rings (SSSR count). The smallest absolute Gasteiger partial charge is 0.180 e. The minimum Gasteiger partial charge on any atom is -0.320 e. The van der Waals surface area contributed by atoms with E-state index >= 15 is 0 Å². The number of hydrogen-bond acceptors (Lipinski definition) is 3. The molecule has 1 unspecified atom stereocenters. The van der Waals surface area contributed by atoms with Crippen molar-refractivity contribution in [3.8, 4) is 0 Å². The second-order valence-electron chi connectivity index (χ2n) is 3.57. The minimum atomic E-state index is -1.30. The highest BCUT2D eigenvalue weighted by molar-refractivity contribution is 6.48. The van der Waals surface area contributed by atoms with Crippen molar-refractivity contribution < 1.29 is 0 Å². The summed E-state index contributed by atoms with van der Waals surface area (Å²) in [6, 6.07) is 10.1. The summed E-state index contributed by atoms with van der Waals surface area (Å²) < 4.78 is -1.30. The summed E-state index contributed by atoms with van der Waals surface area (Å²) in [5.74, 6) is 0. The van der Waals surface area contributed by atoms with Crippen molar-refractivity contribution in [2.24, 2.45) is 5.73 Å². The molecule has 2 N–H and O–H groups in total. The summed E-state index contributed by atoms with van der Waals surface area (Å²) in [7, 11) is 0. The first kappa shape index (κ1) is 12.3. The molecule has 0 radical (unpaired) electrons. The number of pyridine rings is 2. The van der Waals surface area contributed by atoms with Crippen molar-refractivity contribution in [2.75, 3.05) is 0 Å². The maximum atomic E-state index is 6.28. The average Bonchev–Trinajstić information content (AvgIpc) is 2.40. The lowest BCUT2D eigenvalue weighted by Gasteiger charge is -2.25. The summed E-state index contributed by atoms with van der Waals surface area (Å²) in [6.45, 7) is 0. The highest BCUT2D eigenvalue weighted by Gasteiger charge is 2.37. The minimum absolute atomic E-state index is 0.515. The fraction of sp³-hybridized carbons (Fsp3) is 0.167. The highest BCUT2D eigenvalue weighted by atomic mass is 35.5. The lowest BCUT2D eigenvalue weighted by Crippen LogP contribution is -2.30. The van der Waals surface area contributed by atoms with E-state index in [1.54, 1.807) is 36.7 Å². The molecule has 0 bridgehead atoms. The first-order chi connectivity index (χ1) is 8.12. The fourth-order valence-corrected chi connectivity index (χ4v) is 1.91. The van der Waals surface area contributed by atoms with Gasteiger partial charge in [-0.25, -0.2) is 0 Å². The second-order valence-corrected chi connectivity index (χ2v) is 4.96. The molecule has 5 heteroatoms. The van der Waals surface area contributed by atoms with Crippen LogP contribution in [0.3, 0.4) is 0 Å². The molecule has 0 aliphatic rings. The highest BCUT2D eigenvalue weighted by Crippen LogP contribution is 2.41. The fourth-order valence-electron chi connectivity index (χ4n) is 1.46. The van der Waals surface area contributed by atoms with Gasteiger partial charge in [0.25, 0.3) is 0 Å². The van der Waals surface area contributed by atoms with Gasteiger partial charge < -0.3 is 5.73 Å². The molecule has 0 saturated heterocycles. The Morgan fingerprint density at radius 1 is 1.00 bits per heavy atom. The third kappa shape index (κ3) is 2.57. The first-order valence-corrected chi connectivity index (χ1v) is 5.84. The van der Waals surface area contributed by atoms with Gasteiger partial charge in [-0.05, 0) is 24.3 Å². The standard InChI is InChI=1S/C12H11Cl2N3/c13-12(14,10-6-2-4-8-17-10)11(15)9-5-1-3-7-16-9/h1-8,11H,15H2. The van der Waals surface area contributed by atoms with E-state index in [4.69, 9.17) is 28.9 Å². The van der Waals surface area contributed by atoms with Crippen LogP contribution in [0.15, 0.2) is 48.8 Å². The van der Waals surface area contributed by atoms with E-state index in [-0.39, 0.29) is 0 Å². The molecule has 0 fully saturated rings. The Bertz CT molecular complexity index is 474. The van der Waals surface area contributed by atoms with Crippen LogP contribution in [0.25, 0.3) is 0 Å². The van der Waals surface area contributed by atoms with Gasteiger partial charge in [-0.3, -0.25) is 9.97 Å². The van der Waals surface area contributed by atoms with Crippen molar-refractivity contribution in [1.82, 2.24) is 9.97 Å². The molecule has 88 valence electrons. The zero-order chi connectivity index (χ0) is 12.3. The number of nitrogens with zero attached hydrogens (tertiary/aromatic N) is 2. The SMILES string of the molecule is NC(c1ccccn1)C(Cl)(Cl)c1ccccn1. The molecule has 0 aliphatic carbocycles. The maximum Gasteiger partial charge on any atom is 0.180 e. The molecule has 2 heterocycles. The molecule has 2 aromatic rings. The topological polar surface area (TPSA) is 51.8 Å². The van der Waals surface area contributed by atoms with Gasteiger partial charge in [0, 0.05) is 12.4 Å². The molecule has 0 aliphatic heterocycles. The predicted octanol–water partition coefficient (Wildman–Crippen LogP) is 2.81. The molecule has 0 aromatic carbocycles. The largest absolute Gasteiger partial charge is 0.320 e. The van der Waals surface area contributed by atoms with Crippen molar-refractivity contribution >= 4 is 23.2 Å². The predicted molar refractivity (Wildman–Crippen MR) is 68.8 cm³/mol. The monoisotopic (exact) mass is 267 g/mol. The van der Waals surface area contributed by atoms with Crippen LogP contribution in [0, 0.1) is 0 Å². The Hall–Kier alpha value is -1.16. The molecule has 17 heavy (non-hydrogen) atoms. The van der Waals surface area contributed by atoms with E-state index in [0.29, 0.717) is 11.4 Å². The zero-order valence-corrected chi connectivity index (χ0v) is 10.4. The van der Waals surface area contributed by atoms with Gasteiger partial charge in [-0.2, -0.15) is 0 Å². The van der Waals surface area contributed by atoms with Gasteiger partial charge in [-0.15, -0.1) is 0 Å². The molecule has 3 nitrogen and oxygen atoms in total. The maximum absolute atomic E-state index is 6.28. The van der Waals surface area contributed by atoms with Crippen molar-refractivity contribution in [3.05, 3.63) is 60.2 Å². The Kier molecular flexibility index (Phi) is 3.62. The molecule has 1 atom stereocenters. The van der Waals surface area contributed by atoms with Crippen LogP contribution in [0.1, 0.15) is 17.4 Å². The van der Waals surface area contributed by atoms with E-state index in [1.807, 2.05) is 12.1 Å². The zero-order valence-electron chi connectivity index (χ0n) is 8.92. The molecular weight excluding hydrogens is 257 g/mol. The molecule has 2 aromatic heterocycles. The molecule has 0 saturated carbocycles. The summed E-state index contributed by atoms with van der Waals surface area (Å²) in [4.78, 5) is 8.27. The van der Waals surface area contributed by atoms with E-state index in [0.717, 1.165) is 0 Å².